The molecule has 1 spiro atoms. The first kappa shape index (κ1) is 21.9. The highest BCUT2D eigenvalue weighted by atomic mass is 35.5. The molecule has 0 bridgehead atoms. The summed E-state index contributed by atoms with van der Waals surface area (Å²) in [5.74, 6) is -2.56. The number of fused-ring (bicyclic) bond motifs is 5. The van der Waals surface area contributed by atoms with Gasteiger partial charge in [-0.1, -0.05) is 29.8 Å². The summed E-state index contributed by atoms with van der Waals surface area (Å²) in [6.07, 6.45) is 0.211. The molecule has 2 unspecified atom stereocenters. The molecule has 2 saturated heterocycles. The molecule has 2 aromatic carbocycles. The van der Waals surface area contributed by atoms with Crippen molar-refractivity contribution in [2.45, 2.75) is 31.0 Å². The number of ether oxygens (including phenoxy) is 2. The van der Waals surface area contributed by atoms with Crippen molar-refractivity contribution in [2.75, 3.05) is 12.1 Å². The Morgan fingerprint density at radius 3 is 2.74 bits per heavy atom. The third-order valence-electron chi connectivity index (χ3n) is 7.27. The van der Waals surface area contributed by atoms with Gasteiger partial charge < -0.3 is 20.5 Å². The Morgan fingerprint density at radius 2 is 1.94 bits per heavy atom. The second kappa shape index (κ2) is 7.69. The molecule has 0 radical (unpaired) electrons. The average molecular weight is 497 g/mol. The Kier molecular flexibility index (Phi) is 4.81. The number of para-hydroxylation sites is 1. The van der Waals surface area contributed by atoms with E-state index in [1.165, 1.54) is 4.90 Å². The molecule has 10 nitrogen and oxygen atoms in total. The molecule has 4 atom stereocenters. The normalized spacial score (nSPS) is 28.0. The lowest BCUT2D eigenvalue weighted by Gasteiger charge is -2.29. The summed E-state index contributed by atoms with van der Waals surface area (Å²) in [5, 5.41) is 6.37. The lowest BCUT2D eigenvalue weighted by atomic mass is 9.76. The molecule has 0 aliphatic carbocycles. The number of primary amides is 1. The maximum atomic E-state index is 13.8. The molecule has 4 amide bonds. The van der Waals surface area contributed by atoms with E-state index in [1.807, 2.05) is 0 Å². The highest BCUT2D eigenvalue weighted by Crippen LogP contribution is 2.54. The molecule has 35 heavy (non-hydrogen) atoms. The van der Waals surface area contributed by atoms with Crippen LogP contribution in [0.15, 0.2) is 36.4 Å². The van der Waals surface area contributed by atoms with Gasteiger partial charge in [0.15, 0.2) is 11.5 Å². The lowest BCUT2D eigenvalue weighted by Crippen LogP contribution is -2.53. The van der Waals surface area contributed by atoms with Gasteiger partial charge in [0.05, 0.1) is 29.1 Å². The second-order valence-electron chi connectivity index (χ2n) is 9.13. The number of nitrogens with one attached hydrogen (secondary N) is 2. The summed E-state index contributed by atoms with van der Waals surface area (Å²) in [5.41, 5.74) is 5.49. The summed E-state index contributed by atoms with van der Waals surface area (Å²) < 4.78 is 10.7. The van der Waals surface area contributed by atoms with Crippen molar-refractivity contribution in [3.8, 4) is 11.5 Å². The van der Waals surface area contributed by atoms with Crippen LogP contribution in [0.3, 0.4) is 0 Å². The van der Waals surface area contributed by atoms with E-state index >= 15 is 0 Å². The second-order valence-corrected chi connectivity index (χ2v) is 9.54. The number of benzene rings is 2. The van der Waals surface area contributed by atoms with Crippen molar-refractivity contribution in [1.82, 2.24) is 10.2 Å². The number of carbonyl (C=O) groups is 4. The van der Waals surface area contributed by atoms with Crippen molar-refractivity contribution < 1.29 is 28.7 Å². The molecule has 4 heterocycles. The fraction of sp³-hybridized carbons (Fsp3) is 0.333. The molecule has 4 aliphatic heterocycles. The zero-order chi connectivity index (χ0) is 24.5. The number of nitrogens with two attached hydrogens (primary N) is 1. The maximum absolute atomic E-state index is 13.8. The zero-order valence-electron chi connectivity index (χ0n) is 18.4. The molecule has 2 fully saturated rings. The highest BCUT2D eigenvalue weighted by Gasteiger charge is 2.70. The van der Waals surface area contributed by atoms with E-state index in [0.717, 1.165) is 0 Å². The smallest absolute Gasteiger partial charge is 0.250 e. The number of carbonyl (C=O) groups excluding carboxylic acids is 4. The summed E-state index contributed by atoms with van der Waals surface area (Å²) in [4.78, 5) is 53.6. The minimum Gasteiger partial charge on any atom is -0.454 e. The number of halogens is 1. The van der Waals surface area contributed by atoms with Gasteiger partial charge in [0, 0.05) is 18.0 Å². The average Bonchev–Trinajstić information content (AvgIpc) is 3.55. The SMILES string of the molecule is NC(=O)CCC1NC2(C(=O)Nc3c(Cl)cccc32)[C@@H]2C(=O)N(Cc3ccc4c(c3)OCO4)C(=O)[C@H]12. The van der Waals surface area contributed by atoms with Crippen molar-refractivity contribution in [2.24, 2.45) is 17.6 Å². The lowest BCUT2D eigenvalue weighted by molar-refractivity contribution is -0.143. The Hall–Kier alpha value is -3.63. The van der Waals surface area contributed by atoms with Crippen LogP contribution in [0, 0.1) is 11.8 Å². The van der Waals surface area contributed by atoms with Crippen LogP contribution in [-0.2, 0) is 31.3 Å². The number of rotatable bonds is 5. The number of nitrogens with zero attached hydrogens (tertiary/aromatic N) is 1. The van der Waals surface area contributed by atoms with Crippen molar-refractivity contribution in [3.05, 3.63) is 52.5 Å². The van der Waals surface area contributed by atoms with Gasteiger partial charge in [-0.3, -0.25) is 29.4 Å². The van der Waals surface area contributed by atoms with Crippen molar-refractivity contribution in [1.29, 1.82) is 0 Å². The van der Waals surface area contributed by atoms with Crippen LogP contribution in [0.2, 0.25) is 5.02 Å². The molecule has 180 valence electrons. The van der Waals surface area contributed by atoms with E-state index < -0.39 is 47.0 Å². The van der Waals surface area contributed by atoms with E-state index in [1.54, 1.807) is 36.4 Å². The van der Waals surface area contributed by atoms with Gasteiger partial charge in [-0.2, -0.15) is 0 Å². The van der Waals surface area contributed by atoms with E-state index in [2.05, 4.69) is 10.6 Å². The van der Waals surface area contributed by atoms with Crippen LogP contribution in [0.5, 0.6) is 11.5 Å². The van der Waals surface area contributed by atoms with Crippen molar-refractivity contribution >= 4 is 40.9 Å². The van der Waals surface area contributed by atoms with Gasteiger partial charge in [0.1, 0.15) is 5.54 Å². The zero-order valence-corrected chi connectivity index (χ0v) is 19.1. The monoisotopic (exact) mass is 496 g/mol. The molecule has 4 N–H and O–H groups in total. The number of likely N-dealkylation sites (tertiary alicyclic amines) is 1. The Labute approximate surface area is 204 Å². The predicted octanol–water partition coefficient (Wildman–Crippen LogP) is 1.25. The molecule has 0 aromatic heterocycles. The number of hydrogen-bond donors (Lipinski definition) is 3. The first-order chi connectivity index (χ1) is 16.8. The first-order valence-corrected chi connectivity index (χ1v) is 11.6. The molecular formula is C24H21ClN4O6. The standard InChI is InChI=1S/C24H21ClN4O6/c25-13-3-1-2-12-20(13)27-23(33)24(12)19-18(14(28-24)5-7-17(26)30)21(31)29(22(19)32)9-11-4-6-15-16(8-11)35-10-34-15/h1-4,6,8,14,18-19,28H,5,7,9-10H2,(H2,26,30)(H,27,33)/t14?,18-,19+,24?/m1/s1. The van der Waals surface area contributed by atoms with Crippen LogP contribution in [0.1, 0.15) is 24.0 Å². The third kappa shape index (κ3) is 3.06. The van der Waals surface area contributed by atoms with Gasteiger partial charge in [-0.15, -0.1) is 0 Å². The predicted molar refractivity (Wildman–Crippen MR) is 122 cm³/mol. The largest absolute Gasteiger partial charge is 0.454 e. The fourth-order valence-corrected chi connectivity index (χ4v) is 6.00. The maximum Gasteiger partial charge on any atom is 0.250 e. The molecule has 6 rings (SSSR count). The minimum absolute atomic E-state index is 0.00458. The molecular weight excluding hydrogens is 476 g/mol. The Bertz CT molecular complexity index is 1310. The van der Waals surface area contributed by atoms with Gasteiger partial charge in [0.2, 0.25) is 30.4 Å². The molecule has 11 heteroatoms. The van der Waals surface area contributed by atoms with Crippen LogP contribution >= 0.6 is 11.6 Å². The summed E-state index contributed by atoms with van der Waals surface area (Å²) >= 11 is 6.34. The van der Waals surface area contributed by atoms with E-state index in [9.17, 15) is 19.2 Å². The highest BCUT2D eigenvalue weighted by molar-refractivity contribution is 6.35. The van der Waals surface area contributed by atoms with E-state index in [4.69, 9.17) is 26.8 Å². The topological polar surface area (TPSA) is 140 Å². The summed E-state index contributed by atoms with van der Waals surface area (Å²) in [6, 6.07) is 9.67. The molecule has 4 aliphatic rings. The first-order valence-electron chi connectivity index (χ1n) is 11.2. The Morgan fingerprint density at radius 1 is 1.14 bits per heavy atom. The van der Waals surface area contributed by atoms with Crippen LogP contribution in [0.4, 0.5) is 5.69 Å². The van der Waals surface area contributed by atoms with Crippen LogP contribution in [-0.4, -0.2) is 41.4 Å². The quantitative estimate of drug-likeness (QED) is 0.529. The van der Waals surface area contributed by atoms with Crippen LogP contribution in [0.25, 0.3) is 0 Å². The number of hydrogen-bond acceptors (Lipinski definition) is 7. The number of anilines is 1. The Balaban J connectivity index is 1.40. The fourth-order valence-electron chi connectivity index (χ4n) is 5.78. The van der Waals surface area contributed by atoms with Crippen molar-refractivity contribution in [3.63, 3.8) is 0 Å². The van der Waals surface area contributed by atoms with Crippen LogP contribution < -0.4 is 25.8 Å². The van der Waals surface area contributed by atoms with Gasteiger partial charge in [-0.25, -0.2) is 0 Å². The van der Waals surface area contributed by atoms with E-state index in [-0.39, 0.29) is 26.2 Å². The third-order valence-corrected chi connectivity index (χ3v) is 7.58. The summed E-state index contributed by atoms with van der Waals surface area (Å²) in [7, 11) is 0. The molecule has 0 saturated carbocycles. The summed E-state index contributed by atoms with van der Waals surface area (Å²) in [6.45, 7) is 0.126. The van der Waals surface area contributed by atoms with Gasteiger partial charge in [-0.05, 0) is 30.2 Å². The van der Waals surface area contributed by atoms with Gasteiger partial charge >= 0.3 is 0 Å². The van der Waals surface area contributed by atoms with E-state index in [0.29, 0.717) is 33.3 Å². The molecule has 2 aromatic rings. The number of imide groups is 1. The van der Waals surface area contributed by atoms with Gasteiger partial charge in [0.25, 0.3) is 0 Å². The minimum atomic E-state index is -1.48. The number of amides is 4.